The van der Waals surface area contributed by atoms with Gasteiger partial charge in [-0.25, -0.2) is 0 Å². The van der Waals surface area contributed by atoms with Gasteiger partial charge in [-0.2, -0.15) is 0 Å². The van der Waals surface area contributed by atoms with Gasteiger partial charge in [-0.3, -0.25) is 4.79 Å². The first-order chi connectivity index (χ1) is 5.34. The van der Waals surface area contributed by atoms with E-state index in [0.717, 1.165) is 25.8 Å². The Morgan fingerprint density at radius 1 is 1.36 bits per heavy atom. The molecule has 1 atom stereocenters. The SMILES string of the molecule is O=CC1NCCCCCC1=O. The monoisotopic (exact) mass is 155 g/mol. The Hall–Kier alpha value is -0.700. The van der Waals surface area contributed by atoms with Crippen molar-refractivity contribution in [3.63, 3.8) is 0 Å². The lowest BCUT2D eigenvalue weighted by Crippen LogP contribution is -2.39. The van der Waals surface area contributed by atoms with Gasteiger partial charge in [0.2, 0.25) is 0 Å². The molecular formula is C8H13NO2. The van der Waals surface area contributed by atoms with Crippen LogP contribution in [0.1, 0.15) is 25.7 Å². The van der Waals surface area contributed by atoms with Crippen molar-refractivity contribution in [2.45, 2.75) is 31.7 Å². The molecule has 11 heavy (non-hydrogen) atoms. The van der Waals surface area contributed by atoms with Gasteiger partial charge in [-0.05, 0) is 19.4 Å². The van der Waals surface area contributed by atoms with Gasteiger partial charge in [-0.1, -0.05) is 6.42 Å². The first-order valence-electron chi connectivity index (χ1n) is 4.06. The minimum Gasteiger partial charge on any atom is -0.302 e. The van der Waals surface area contributed by atoms with E-state index in [9.17, 15) is 9.59 Å². The molecule has 0 aromatic rings. The van der Waals surface area contributed by atoms with Crippen LogP contribution in [0.5, 0.6) is 0 Å². The van der Waals surface area contributed by atoms with Crippen LogP contribution in [0, 0.1) is 0 Å². The Balaban J connectivity index is 2.45. The molecule has 1 rings (SSSR count). The zero-order valence-corrected chi connectivity index (χ0v) is 6.51. The molecule has 3 heteroatoms. The van der Waals surface area contributed by atoms with Crippen molar-refractivity contribution in [1.29, 1.82) is 0 Å². The summed E-state index contributed by atoms with van der Waals surface area (Å²) in [5, 5.41) is 2.90. The quantitative estimate of drug-likeness (QED) is 0.437. The van der Waals surface area contributed by atoms with Crippen LogP contribution in [-0.2, 0) is 9.59 Å². The molecule has 0 aromatic carbocycles. The van der Waals surface area contributed by atoms with Crippen molar-refractivity contribution in [2.75, 3.05) is 6.54 Å². The zero-order chi connectivity index (χ0) is 8.10. The van der Waals surface area contributed by atoms with Crippen molar-refractivity contribution < 1.29 is 9.59 Å². The van der Waals surface area contributed by atoms with Gasteiger partial charge < -0.3 is 10.1 Å². The van der Waals surface area contributed by atoms with E-state index < -0.39 is 6.04 Å². The van der Waals surface area contributed by atoms with Crippen molar-refractivity contribution in [3.8, 4) is 0 Å². The second kappa shape index (κ2) is 4.23. The number of hydrogen-bond acceptors (Lipinski definition) is 3. The lowest BCUT2D eigenvalue weighted by Gasteiger charge is -2.14. The van der Waals surface area contributed by atoms with Crippen LogP contribution in [-0.4, -0.2) is 24.7 Å². The van der Waals surface area contributed by atoms with Crippen molar-refractivity contribution in [1.82, 2.24) is 5.32 Å². The van der Waals surface area contributed by atoms with Crippen LogP contribution < -0.4 is 5.32 Å². The van der Waals surface area contributed by atoms with Crippen LogP contribution in [0.15, 0.2) is 0 Å². The zero-order valence-electron chi connectivity index (χ0n) is 6.51. The highest BCUT2D eigenvalue weighted by molar-refractivity contribution is 5.97. The third-order valence-electron chi connectivity index (χ3n) is 1.95. The summed E-state index contributed by atoms with van der Waals surface area (Å²) in [5.74, 6) is 0.0414. The molecule has 0 aliphatic carbocycles. The van der Waals surface area contributed by atoms with Gasteiger partial charge in [0, 0.05) is 6.42 Å². The fourth-order valence-corrected chi connectivity index (χ4v) is 1.25. The molecule has 0 radical (unpaired) electrons. The maximum atomic E-state index is 11.1. The lowest BCUT2D eigenvalue weighted by molar-refractivity contribution is -0.125. The van der Waals surface area contributed by atoms with Crippen molar-refractivity contribution in [3.05, 3.63) is 0 Å². The van der Waals surface area contributed by atoms with Crippen molar-refractivity contribution in [2.24, 2.45) is 0 Å². The summed E-state index contributed by atoms with van der Waals surface area (Å²) in [5.41, 5.74) is 0. The van der Waals surface area contributed by atoms with Gasteiger partial charge in [0.05, 0.1) is 0 Å². The Labute approximate surface area is 66.2 Å². The molecule has 0 aromatic heterocycles. The maximum Gasteiger partial charge on any atom is 0.157 e. The largest absolute Gasteiger partial charge is 0.302 e. The van der Waals surface area contributed by atoms with E-state index in [1.54, 1.807) is 0 Å². The van der Waals surface area contributed by atoms with E-state index in [-0.39, 0.29) is 5.78 Å². The molecule has 0 saturated carbocycles. The minimum atomic E-state index is -0.532. The molecule has 1 heterocycles. The van der Waals surface area contributed by atoms with Gasteiger partial charge >= 0.3 is 0 Å². The van der Waals surface area contributed by atoms with Gasteiger partial charge in [0.15, 0.2) is 5.78 Å². The molecule has 3 nitrogen and oxygen atoms in total. The van der Waals surface area contributed by atoms with E-state index in [1.807, 2.05) is 0 Å². The predicted molar refractivity (Wildman–Crippen MR) is 41.3 cm³/mol. The third kappa shape index (κ3) is 2.42. The summed E-state index contributed by atoms with van der Waals surface area (Å²) in [6.45, 7) is 0.787. The molecular weight excluding hydrogens is 142 g/mol. The summed E-state index contributed by atoms with van der Waals surface area (Å²) < 4.78 is 0. The Kier molecular flexibility index (Phi) is 3.23. The van der Waals surface area contributed by atoms with Crippen LogP contribution >= 0.6 is 0 Å². The van der Waals surface area contributed by atoms with Crippen LogP contribution in [0.3, 0.4) is 0 Å². The molecule has 1 saturated heterocycles. The van der Waals surface area contributed by atoms with E-state index in [2.05, 4.69) is 5.32 Å². The smallest absolute Gasteiger partial charge is 0.157 e. The van der Waals surface area contributed by atoms with Crippen molar-refractivity contribution >= 4 is 12.1 Å². The van der Waals surface area contributed by atoms with E-state index in [1.165, 1.54) is 0 Å². The van der Waals surface area contributed by atoms with E-state index in [4.69, 9.17) is 0 Å². The first-order valence-corrected chi connectivity index (χ1v) is 4.06. The number of aldehydes is 1. The average molecular weight is 155 g/mol. The normalized spacial score (nSPS) is 27.3. The molecule has 1 N–H and O–H groups in total. The van der Waals surface area contributed by atoms with Gasteiger partial charge in [0.25, 0.3) is 0 Å². The molecule has 0 spiro atoms. The molecule has 1 unspecified atom stereocenters. The van der Waals surface area contributed by atoms with Crippen LogP contribution in [0.25, 0.3) is 0 Å². The molecule has 62 valence electrons. The number of rotatable bonds is 1. The van der Waals surface area contributed by atoms with Crippen LogP contribution in [0.2, 0.25) is 0 Å². The Morgan fingerprint density at radius 3 is 2.91 bits per heavy atom. The lowest BCUT2D eigenvalue weighted by atomic mass is 10.0. The molecule has 1 fully saturated rings. The molecule has 1 aliphatic heterocycles. The second-order valence-electron chi connectivity index (χ2n) is 2.84. The summed E-state index contributed by atoms with van der Waals surface area (Å²) in [6, 6.07) is -0.532. The highest BCUT2D eigenvalue weighted by Gasteiger charge is 2.17. The minimum absolute atomic E-state index is 0.0414. The average Bonchev–Trinajstić information content (AvgIpc) is 1.98. The maximum absolute atomic E-state index is 11.1. The standard InChI is InChI=1S/C8H13NO2/c10-6-7-8(11)4-2-1-3-5-9-7/h6-7,9H,1-5H2. The number of carbonyl (C=O) groups excluding carboxylic acids is 2. The number of hydrogen-bond donors (Lipinski definition) is 1. The van der Waals surface area contributed by atoms with Crippen LogP contribution in [0.4, 0.5) is 0 Å². The number of Topliss-reactive ketones (excluding diaryl/α,β-unsaturated/α-hetero) is 1. The number of nitrogens with one attached hydrogen (secondary N) is 1. The second-order valence-corrected chi connectivity index (χ2v) is 2.84. The fraction of sp³-hybridized carbons (Fsp3) is 0.750. The predicted octanol–water partition coefficient (Wildman–Crippen LogP) is 0.287. The topological polar surface area (TPSA) is 46.2 Å². The summed E-state index contributed by atoms with van der Waals surface area (Å²) in [4.78, 5) is 21.5. The highest BCUT2D eigenvalue weighted by atomic mass is 16.1. The fourth-order valence-electron chi connectivity index (χ4n) is 1.25. The number of carbonyl (C=O) groups is 2. The summed E-state index contributed by atoms with van der Waals surface area (Å²) in [6.07, 6.45) is 4.34. The molecule has 0 bridgehead atoms. The number of ketones is 1. The van der Waals surface area contributed by atoms with Gasteiger partial charge in [-0.15, -0.1) is 0 Å². The highest BCUT2D eigenvalue weighted by Crippen LogP contribution is 2.05. The molecule has 0 amide bonds. The first kappa shape index (κ1) is 8.40. The Bertz CT molecular complexity index is 156. The van der Waals surface area contributed by atoms with E-state index in [0.29, 0.717) is 12.7 Å². The summed E-state index contributed by atoms with van der Waals surface area (Å²) in [7, 11) is 0. The molecule has 1 aliphatic rings. The van der Waals surface area contributed by atoms with E-state index >= 15 is 0 Å². The third-order valence-corrected chi connectivity index (χ3v) is 1.95. The Morgan fingerprint density at radius 2 is 2.18 bits per heavy atom. The summed E-state index contributed by atoms with van der Waals surface area (Å²) >= 11 is 0. The van der Waals surface area contributed by atoms with Gasteiger partial charge in [0.1, 0.15) is 12.3 Å².